The zero-order valence-corrected chi connectivity index (χ0v) is 14.2. The van der Waals surface area contributed by atoms with E-state index in [9.17, 15) is 9.59 Å². The third-order valence-electron chi connectivity index (χ3n) is 3.19. The SMILES string of the molecule is CCOc1ccccc1/C=C/C(=O)O[C@@H](C)C(=O)N(C)CCC#N. The molecule has 0 saturated heterocycles. The van der Waals surface area contributed by atoms with Crippen LogP contribution in [0.5, 0.6) is 5.75 Å². The van der Waals surface area contributed by atoms with Gasteiger partial charge in [-0.15, -0.1) is 0 Å². The van der Waals surface area contributed by atoms with Crippen molar-refractivity contribution < 1.29 is 19.1 Å². The number of nitrogens with zero attached hydrogens (tertiary/aromatic N) is 2. The van der Waals surface area contributed by atoms with Crippen molar-refractivity contribution in [3.63, 3.8) is 0 Å². The molecule has 1 rings (SSSR count). The molecule has 24 heavy (non-hydrogen) atoms. The normalized spacial score (nSPS) is 11.6. The summed E-state index contributed by atoms with van der Waals surface area (Å²) in [6.07, 6.45) is 2.17. The van der Waals surface area contributed by atoms with Crippen LogP contribution in [0.4, 0.5) is 0 Å². The summed E-state index contributed by atoms with van der Waals surface area (Å²) in [6.45, 7) is 4.21. The van der Waals surface area contributed by atoms with Crippen LogP contribution in [0.15, 0.2) is 30.3 Å². The van der Waals surface area contributed by atoms with Gasteiger partial charge in [-0.25, -0.2) is 4.79 Å². The van der Waals surface area contributed by atoms with Crippen molar-refractivity contribution >= 4 is 18.0 Å². The maximum absolute atomic E-state index is 12.0. The first-order valence-electron chi connectivity index (χ1n) is 7.72. The first-order chi connectivity index (χ1) is 11.5. The molecule has 0 N–H and O–H groups in total. The fourth-order valence-corrected chi connectivity index (χ4v) is 1.97. The summed E-state index contributed by atoms with van der Waals surface area (Å²) in [5, 5.41) is 8.53. The van der Waals surface area contributed by atoms with E-state index in [0.29, 0.717) is 18.9 Å². The Morgan fingerprint density at radius 2 is 2.08 bits per heavy atom. The third-order valence-corrected chi connectivity index (χ3v) is 3.19. The first-order valence-corrected chi connectivity index (χ1v) is 7.72. The molecule has 0 heterocycles. The Hall–Kier alpha value is -2.81. The van der Waals surface area contributed by atoms with Crippen LogP contribution in [0.2, 0.25) is 0 Å². The molecular formula is C18H22N2O4. The molecule has 1 aromatic carbocycles. The lowest BCUT2D eigenvalue weighted by atomic mass is 10.2. The van der Waals surface area contributed by atoms with Gasteiger partial charge < -0.3 is 14.4 Å². The number of carbonyl (C=O) groups excluding carboxylic acids is 2. The number of para-hydroxylation sites is 1. The number of ether oxygens (including phenoxy) is 2. The van der Waals surface area contributed by atoms with Crippen molar-refractivity contribution in [1.29, 1.82) is 5.26 Å². The van der Waals surface area contributed by atoms with E-state index in [0.717, 1.165) is 5.56 Å². The van der Waals surface area contributed by atoms with Gasteiger partial charge in [0.25, 0.3) is 5.91 Å². The molecule has 0 aliphatic heterocycles. The van der Waals surface area contributed by atoms with Gasteiger partial charge in [-0.3, -0.25) is 4.79 Å². The van der Waals surface area contributed by atoms with E-state index in [1.807, 2.05) is 37.3 Å². The molecular weight excluding hydrogens is 308 g/mol. The molecule has 1 amide bonds. The smallest absolute Gasteiger partial charge is 0.331 e. The number of hydrogen-bond donors (Lipinski definition) is 0. The summed E-state index contributed by atoms with van der Waals surface area (Å²) in [7, 11) is 1.57. The van der Waals surface area contributed by atoms with Crippen LogP contribution in [-0.4, -0.2) is 43.1 Å². The lowest BCUT2D eigenvalue weighted by Gasteiger charge is -2.19. The van der Waals surface area contributed by atoms with Crippen LogP contribution in [0.3, 0.4) is 0 Å². The van der Waals surface area contributed by atoms with Crippen LogP contribution in [0.25, 0.3) is 6.08 Å². The Labute approximate surface area is 142 Å². The number of esters is 1. The Morgan fingerprint density at radius 1 is 1.38 bits per heavy atom. The van der Waals surface area contributed by atoms with Gasteiger partial charge in [-0.05, 0) is 26.0 Å². The zero-order valence-electron chi connectivity index (χ0n) is 14.2. The van der Waals surface area contributed by atoms with Crippen LogP contribution in [0.1, 0.15) is 25.8 Å². The molecule has 1 aromatic rings. The van der Waals surface area contributed by atoms with E-state index in [1.54, 1.807) is 13.1 Å². The predicted molar refractivity (Wildman–Crippen MR) is 90.1 cm³/mol. The van der Waals surface area contributed by atoms with E-state index < -0.39 is 12.1 Å². The van der Waals surface area contributed by atoms with Gasteiger partial charge in [0.1, 0.15) is 5.75 Å². The van der Waals surface area contributed by atoms with Crippen molar-refractivity contribution in [1.82, 2.24) is 4.90 Å². The summed E-state index contributed by atoms with van der Waals surface area (Å²) in [5.41, 5.74) is 0.751. The van der Waals surface area contributed by atoms with Crippen molar-refractivity contribution in [2.75, 3.05) is 20.2 Å². The molecule has 0 aliphatic carbocycles. The van der Waals surface area contributed by atoms with E-state index in [4.69, 9.17) is 14.7 Å². The minimum absolute atomic E-state index is 0.233. The van der Waals surface area contributed by atoms with E-state index in [-0.39, 0.29) is 12.3 Å². The molecule has 0 spiro atoms. The Kier molecular flexibility index (Phi) is 8.06. The molecule has 0 unspecified atom stereocenters. The molecule has 0 aromatic heterocycles. The van der Waals surface area contributed by atoms with Crippen molar-refractivity contribution in [3.8, 4) is 11.8 Å². The topological polar surface area (TPSA) is 79.6 Å². The second-order valence-corrected chi connectivity index (χ2v) is 5.05. The summed E-state index contributed by atoms with van der Waals surface area (Å²) in [4.78, 5) is 25.2. The molecule has 0 saturated carbocycles. The minimum Gasteiger partial charge on any atom is -0.493 e. The molecule has 0 radical (unpaired) electrons. The predicted octanol–water partition coefficient (Wildman–Crippen LogP) is 2.40. The highest BCUT2D eigenvalue weighted by Crippen LogP contribution is 2.19. The van der Waals surface area contributed by atoms with Gasteiger partial charge in [0.15, 0.2) is 6.10 Å². The van der Waals surface area contributed by atoms with Crippen molar-refractivity contribution in [3.05, 3.63) is 35.9 Å². The van der Waals surface area contributed by atoms with Crippen molar-refractivity contribution in [2.24, 2.45) is 0 Å². The van der Waals surface area contributed by atoms with Crippen LogP contribution >= 0.6 is 0 Å². The number of likely N-dealkylation sites (N-methyl/N-ethyl adjacent to an activating group) is 1. The number of benzene rings is 1. The fraction of sp³-hybridized carbons (Fsp3) is 0.389. The third kappa shape index (κ3) is 6.13. The molecule has 1 atom stereocenters. The van der Waals surface area contributed by atoms with Gasteiger partial charge in [0, 0.05) is 25.2 Å². The summed E-state index contributed by atoms with van der Waals surface area (Å²) in [5.74, 6) is -0.290. The van der Waals surface area contributed by atoms with Gasteiger partial charge >= 0.3 is 5.97 Å². The van der Waals surface area contributed by atoms with Crippen LogP contribution in [-0.2, 0) is 14.3 Å². The maximum Gasteiger partial charge on any atom is 0.331 e. The number of nitriles is 1. The highest BCUT2D eigenvalue weighted by molar-refractivity contribution is 5.90. The minimum atomic E-state index is -0.909. The monoisotopic (exact) mass is 330 g/mol. The molecule has 6 nitrogen and oxygen atoms in total. The maximum atomic E-state index is 12.0. The van der Waals surface area contributed by atoms with Crippen LogP contribution in [0, 0.1) is 11.3 Å². The number of amides is 1. The van der Waals surface area contributed by atoms with E-state index in [2.05, 4.69) is 0 Å². The van der Waals surface area contributed by atoms with Gasteiger partial charge in [0.05, 0.1) is 19.1 Å². The number of carbonyl (C=O) groups is 2. The number of rotatable bonds is 8. The second kappa shape index (κ2) is 10.1. The van der Waals surface area contributed by atoms with Gasteiger partial charge in [0.2, 0.25) is 0 Å². The summed E-state index contributed by atoms with van der Waals surface area (Å²) >= 11 is 0. The lowest BCUT2D eigenvalue weighted by Crippen LogP contribution is -2.37. The van der Waals surface area contributed by atoms with Gasteiger partial charge in [-0.1, -0.05) is 18.2 Å². The van der Waals surface area contributed by atoms with E-state index >= 15 is 0 Å². The summed E-state index contributed by atoms with van der Waals surface area (Å²) < 4.78 is 10.6. The second-order valence-electron chi connectivity index (χ2n) is 5.05. The number of hydrogen-bond acceptors (Lipinski definition) is 5. The average molecular weight is 330 g/mol. The largest absolute Gasteiger partial charge is 0.493 e. The highest BCUT2D eigenvalue weighted by Gasteiger charge is 2.20. The lowest BCUT2D eigenvalue weighted by molar-refractivity contribution is -0.154. The molecule has 0 bridgehead atoms. The molecule has 128 valence electrons. The fourth-order valence-electron chi connectivity index (χ4n) is 1.97. The Balaban J connectivity index is 2.62. The Bertz CT molecular complexity index is 634. The summed E-state index contributed by atoms with van der Waals surface area (Å²) in [6, 6.07) is 9.27. The van der Waals surface area contributed by atoms with E-state index in [1.165, 1.54) is 17.9 Å². The standard InChI is InChI=1S/C18H22N2O4/c1-4-23-16-9-6-5-8-15(16)10-11-17(21)24-14(2)18(22)20(3)13-7-12-19/h5-6,8-11,14H,4,7,13H2,1-3H3/b11-10+/t14-/m0/s1. The van der Waals surface area contributed by atoms with Gasteiger partial charge in [-0.2, -0.15) is 5.26 Å². The van der Waals surface area contributed by atoms with Crippen molar-refractivity contribution in [2.45, 2.75) is 26.4 Å². The molecule has 0 aliphatic rings. The Morgan fingerprint density at radius 3 is 2.75 bits per heavy atom. The molecule has 6 heteroatoms. The average Bonchev–Trinajstić information content (AvgIpc) is 2.58. The zero-order chi connectivity index (χ0) is 17.9. The highest BCUT2D eigenvalue weighted by atomic mass is 16.5. The quantitative estimate of drug-likeness (QED) is 0.540. The van der Waals surface area contributed by atoms with Crippen LogP contribution < -0.4 is 4.74 Å². The molecule has 0 fully saturated rings. The first kappa shape index (κ1) is 19.2.